The van der Waals surface area contributed by atoms with Crippen LogP contribution in [0.25, 0.3) is 11.3 Å². The van der Waals surface area contributed by atoms with Crippen LogP contribution in [0.1, 0.15) is 67.8 Å². The fourth-order valence-electron chi connectivity index (χ4n) is 3.52. The summed E-state index contributed by atoms with van der Waals surface area (Å²) in [5, 5.41) is 4.12. The molecule has 6 heteroatoms. The van der Waals surface area contributed by atoms with Gasteiger partial charge in [-0.05, 0) is 25.7 Å². The highest BCUT2D eigenvalue weighted by atomic mass is 19.3. The Morgan fingerprint density at radius 3 is 2.58 bits per heavy atom. The van der Waals surface area contributed by atoms with Crippen LogP contribution in [0.4, 0.5) is 8.78 Å². The summed E-state index contributed by atoms with van der Waals surface area (Å²) in [7, 11) is 0. The number of alkyl halides is 2. The van der Waals surface area contributed by atoms with Crippen molar-refractivity contribution in [2.45, 2.75) is 63.6 Å². The summed E-state index contributed by atoms with van der Waals surface area (Å²) in [5.74, 6) is 1.34. The number of carbonyl (C=O) groups excluding carboxylic acids is 1. The number of hydrogen-bond donors (Lipinski definition) is 0. The number of carbonyl (C=O) groups is 1. The van der Waals surface area contributed by atoms with Crippen molar-refractivity contribution in [2.75, 3.05) is 0 Å². The molecule has 0 amide bonds. The molecule has 0 saturated heterocycles. The molecule has 1 aromatic carbocycles. The molecule has 1 aromatic heterocycles. The summed E-state index contributed by atoms with van der Waals surface area (Å²) in [6.45, 7) is 0.279. The summed E-state index contributed by atoms with van der Waals surface area (Å²) in [4.78, 5) is 11.4. The lowest BCUT2D eigenvalue weighted by atomic mass is 9.96. The van der Waals surface area contributed by atoms with Crippen molar-refractivity contribution in [3.05, 3.63) is 41.2 Å². The van der Waals surface area contributed by atoms with Crippen molar-refractivity contribution >= 4 is 5.78 Å². The molecule has 2 aliphatic carbocycles. The molecule has 0 unspecified atom stereocenters. The second-order valence-electron chi connectivity index (χ2n) is 7.09. The van der Waals surface area contributed by atoms with Crippen molar-refractivity contribution in [2.24, 2.45) is 0 Å². The van der Waals surface area contributed by atoms with Crippen LogP contribution in [-0.4, -0.2) is 17.0 Å². The molecule has 0 aliphatic heterocycles. The molecule has 0 N–H and O–H groups in total. The largest absolute Gasteiger partial charge is 0.373 e. The Morgan fingerprint density at radius 1 is 1.15 bits per heavy atom. The van der Waals surface area contributed by atoms with Crippen molar-refractivity contribution in [1.82, 2.24) is 5.16 Å². The van der Waals surface area contributed by atoms with Crippen molar-refractivity contribution in [3.8, 4) is 11.3 Å². The second kappa shape index (κ2) is 7.27. The summed E-state index contributed by atoms with van der Waals surface area (Å²) >= 11 is 0. The van der Waals surface area contributed by atoms with Crippen LogP contribution in [0, 0.1) is 0 Å². The fourth-order valence-corrected chi connectivity index (χ4v) is 3.52. The highest BCUT2D eigenvalue weighted by molar-refractivity contribution is 5.79. The Balaban J connectivity index is 1.61. The van der Waals surface area contributed by atoms with Gasteiger partial charge in [0.25, 0.3) is 6.43 Å². The van der Waals surface area contributed by atoms with E-state index in [0.29, 0.717) is 42.9 Å². The Bertz CT molecular complexity index is 788. The van der Waals surface area contributed by atoms with E-state index in [9.17, 15) is 13.6 Å². The predicted octanol–water partition coefficient (Wildman–Crippen LogP) is 5.18. The third kappa shape index (κ3) is 3.56. The van der Waals surface area contributed by atoms with Gasteiger partial charge < -0.3 is 9.26 Å². The molecule has 2 aliphatic rings. The van der Waals surface area contributed by atoms with Crippen molar-refractivity contribution in [3.63, 3.8) is 0 Å². The van der Waals surface area contributed by atoms with Gasteiger partial charge in [0.05, 0.1) is 12.7 Å². The van der Waals surface area contributed by atoms with Gasteiger partial charge in [0, 0.05) is 35.4 Å². The number of nitrogens with zero attached hydrogens (tertiary/aromatic N) is 1. The first kappa shape index (κ1) is 17.3. The molecule has 0 radical (unpaired) electrons. The summed E-state index contributed by atoms with van der Waals surface area (Å²) in [6, 6.07) is 6.40. The minimum absolute atomic E-state index is 0.0212. The maximum atomic E-state index is 13.4. The molecule has 1 heterocycles. The van der Waals surface area contributed by atoms with Crippen LogP contribution in [0.2, 0.25) is 0 Å². The first-order valence-corrected chi connectivity index (χ1v) is 9.12. The number of benzene rings is 1. The molecule has 4 nitrogen and oxygen atoms in total. The Kier molecular flexibility index (Phi) is 4.85. The summed E-state index contributed by atoms with van der Waals surface area (Å²) < 4.78 is 38.4. The lowest BCUT2D eigenvalue weighted by molar-refractivity contribution is -0.123. The van der Waals surface area contributed by atoms with Crippen LogP contribution in [0.15, 0.2) is 28.8 Å². The number of aromatic nitrogens is 1. The lowest BCUT2D eigenvalue weighted by Crippen LogP contribution is -2.21. The molecule has 2 saturated carbocycles. The third-order valence-electron chi connectivity index (χ3n) is 5.17. The molecule has 0 atom stereocenters. The van der Waals surface area contributed by atoms with Gasteiger partial charge in [0.1, 0.15) is 17.2 Å². The van der Waals surface area contributed by atoms with E-state index < -0.39 is 6.43 Å². The molecular weight excluding hydrogens is 340 g/mol. The van der Waals surface area contributed by atoms with E-state index in [1.54, 1.807) is 18.2 Å². The molecule has 4 rings (SSSR count). The van der Waals surface area contributed by atoms with Crippen LogP contribution < -0.4 is 0 Å². The average molecular weight is 361 g/mol. The smallest absolute Gasteiger partial charge is 0.264 e. The molecule has 2 fully saturated rings. The predicted molar refractivity (Wildman–Crippen MR) is 90.9 cm³/mol. The number of ketones is 1. The van der Waals surface area contributed by atoms with Crippen molar-refractivity contribution < 1.29 is 22.8 Å². The van der Waals surface area contributed by atoms with Crippen LogP contribution in [0.5, 0.6) is 0 Å². The number of halogens is 2. The number of hydrogen-bond acceptors (Lipinski definition) is 4. The Hall–Kier alpha value is -2.08. The third-order valence-corrected chi connectivity index (χ3v) is 5.17. The first-order chi connectivity index (χ1) is 12.6. The second-order valence-corrected chi connectivity index (χ2v) is 7.09. The highest BCUT2D eigenvalue weighted by Crippen LogP contribution is 2.45. The van der Waals surface area contributed by atoms with Crippen LogP contribution >= 0.6 is 0 Å². The number of Topliss-reactive ketones (excluding diaryl/α,β-unsaturated/α-hetero) is 1. The van der Waals surface area contributed by atoms with Gasteiger partial charge in [-0.15, -0.1) is 0 Å². The van der Waals surface area contributed by atoms with Crippen LogP contribution in [0.3, 0.4) is 0 Å². The summed E-state index contributed by atoms with van der Waals surface area (Å²) in [5.41, 5.74) is 1.58. The van der Waals surface area contributed by atoms with E-state index in [2.05, 4.69) is 5.16 Å². The topological polar surface area (TPSA) is 52.3 Å². The monoisotopic (exact) mass is 361 g/mol. The summed E-state index contributed by atoms with van der Waals surface area (Å²) in [6.07, 6.45) is 2.01. The Morgan fingerprint density at radius 2 is 1.88 bits per heavy atom. The number of rotatable bonds is 6. The molecule has 26 heavy (non-hydrogen) atoms. The zero-order chi connectivity index (χ0) is 18.1. The number of ether oxygens (including phenoxy) is 1. The Labute approximate surface area is 150 Å². The van der Waals surface area contributed by atoms with Gasteiger partial charge in [0.15, 0.2) is 0 Å². The minimum Gasteiger partial charge on any atom is -0.373 e. The van der Waals surface area contributed by atoms with Crippen molar-refractivity contribution in [1.29, 1.82) is 0 Å². The van der Waals surface area contributed by atoms with Gasteiger partial charge in [-0.3, -0.25) is 4.79 Å². The molecular formula is C20H21F2NO3. The molecule has 2 aromatic rings. The minimum atomic E-state index is -2.58. The molecule has 0 bridgehead atoms. The van der Waals surface area contributed by atoms with Gasteiger partial charge in [0.2, 0.25) is 0 Å². The van der Waals surface area contributed by atoms with E-state index in [1.165, 1.54) is 6.07 Å². The quantitative estimate of drug-likeness (QED) is 0.711. The standard InChI is InChI=1S/C20H21F2NO3/c21-20(22)16-4-2-1-3-15(16)18-17(19(26-23-18)12-5-6-12)11-25-14-9-7-13(24)8-10-14/h1-4,12,14,20H,5-11H2. The average Bonchev–Trinajstić information content (AvgIpc) is 3.41. The van der Waals surface area contributed by atoms with Gasteiger partial charge in [-0.25, -0.2) is 8.78 Å². The van der Waals surface area contributed by atoms with Crippen LogP contribution in [-0.2, 0) is 16.1 Å². The fraction of sp³-hybridized carbons (Fsp3) is 0.500. The van der Waals surface area contributed by atoms with E-state index in [1.807, 2.05) is 0 Å². The van der Waals surface area contributed by atoms with Gasteiger partial charge in [-0.1, -0.05) is 29.4 Å². The maximum Gasteiger partial charge on any atom is 0.264 e. The highest BCUT2D eigenvalue weighted by Gasteiger charge is 2.34. The molecule has 0 spiro atoms. The molecule has 138 valence electrons. The SMILES string of the molecule is O=C1CCC(OCc2c(-c3ccccc3C(F)F)noc2C2CC2)CC1. The zero-order valence-corrected chi connectivity index (χ0v) is 14.4. The van der Waals surface area contributed by atoms with E-state index in [0.717, 1.165) is 24.2 Å². The van der Waals surface area contributed by atoms with E-state index in [4.69, 9.17) is 9.26 Å². The maximum absolute atomic E-state index is 13.4. The lowest BCUT2D eigenvalue weighted by Gasteiger charge is -2.21. The zero-order valence-electron chi connectivity index (χ0n) is 14.4. The van der Waals surface area contributed by atoms with Gasteiger partial charge in [-0.2, -0.15) is 0 Å². The van der Waals surface area contributed by atoms with Gasteiger partial charge >= 0.3 is 0 Å². The van der Waals surface area contributed by atoms with E-state index >= 15 is 0 Å². The normalized spacial score (nSPS) is 18.7. The van der Waals surface area contributed by atoms with E-state index in [-0.39, 0.29) is 24.1 Å². The first-order valence-electron chi connectivity index (χ1n) is 9.12.